The van der Waals surface area contributed by atoms with Gasteiger partial charge < -0.3 is 5.32 Å². The predicted octanol–water partition coefficient (Wildman–Crippen LogP) is 1.20. The molecule has 1 aromatic heterocycles. The second-order valence-electron chi connectivity index (χ2n) is 4.76. The lowest BCUT2D eigenvalue weighted by atomic mass is 10.2. The van der Waals surface area contributed by atoms with Crippen LogP contribution in [0, 0.1) is 5.41 Å². The largest absolute Gasteiger partial charge is 0.387 e. The maximum atomic E-state index is 12.1. The molecule has 1 fully saturated rings. The van der Waals surface area contributed by atoms with Crippen molar-refractivity contribution in [1.29, 1.82) is 0 Å². The smallest absolute Gasteiger partial charge is 0.244 e. The summed E-state index contributed by atoms with van der Waals surface area (Å²) >= 11 is 0. The van der Waals surface area contributed by atoms with E-state index in [4.69, 9.17) is 0 Å². The number of rotatable bonds is 5. The standard InChI is InChI=1S/C11H17N3O2S/c1-11(4-5-11)8-14-17(15,16)10-7-13-6-3-9(10)12-2/h3,6-7,14H,4-5,8H2,1-2H3,(H,12,13). The molecule has 2 rings (SSSR count). The molecule has 0 unspecified atom stereocenters. The van der Waals surface area contributed by atoms with Crippen LogP contribution >= 0.6 is 0 Å². The highest BCUT2D eigenvalue weighted by molar-refractivity contribution is 7.89. The molecule has 0 aromatic carbocycles. The topological polar surface area (TPSA) is 71.1 Å². The Balaban J connectivity index is 2.18. The number of hydrogen-bond acceptors (Lipinski definition) is 4. The Hall–Kier alpha value is -1.14. The molecule has 94 valence electrons. The average Bonchev–Trinajstić information content (AvgIpc) is 3.06. The van der Waals surface area contributed by atoms with Gasteiger partial charge in [0.25, 0.3) is 0 Å². The minimum atomic E-state index is -3.47. The van der Waals surface area contributed by atoms with Crippen LogP contribution < -0.4 is 10.0 Å². The Labute approximate surface area is 102 Å². The normalized spacial score (nSPS) is 17.8. The third-order valence-corrected chi connectivity index (χ3v) is 4.56. The SMILES string of the molecule is CNc1ccncc1S(=O)(=O)NCC1(C)CC1. The molecular weight excluding hydrogens is 238 g/mol. The second-order valence-corrected chi connectivity index (χ2v) is 6.49. The number of pyridine rings is 1. The zero-order chi connectivity index (χ0) is 12.5. The molecule has 1 saturated carbocycles. The Morgan fingerprint density at radius 2 is 2.18 bits per heavy atom. The van der Waals surface area contributed by atoms with Crippen molar-refractivity contribution in [1.82, 2.24) is 9.71 Å². The zero-order valence-electron chi connectivity index (χ0n) is 10.0. The van der Waals surface area contributed by atoms with Crippen LogP contribution in [0.2, 0.25) is 0 Å². The monoisotopic (exact) mass is 255 g/mol. The van der Waals surface area contributed by atoms with Crippen LogP contribution in [0.4, 0.5) is 5.69 Å². The van der Waals surface area contributed by atoms with Gasteiger partial charge in [-0.05, 0) is 24.3 Å². The second kappa shape index (κ2) is 4.27. The molecule has 6 heteroatoms. The first-order chi connectivity index (χ1) is 7.97. The van der Waals surface area contributed by atoms with E-state index in [0.717, 1.165) is 12.8 Å². The van der Waals surface area contributed by atoms with Crippen molar-refractivity contribution in [3.05, 3.63) is 18.5 Å². The zero-order valence-corrected chi connectivity index (χ0v) is 10.8. The van der Waals surface area contributed by atoms with Crippen molar-refractivity contribution in [3.8, 4) is 0 Å². The quantitative estimate of drug-likeness (QED) is 0.829. The summed E-state index contributed by atoms with van der Waals surface area (Å²) < 4.78 is 26.8. The Bertz CT molecular complexity index is 509. The van der Waals surface area contributed by atoms with Crippen LogP contribution in [0.25, 0.3) is 0 Å². The summed E-state index contributed by atoms with van der Waals surface area (Å²) in [6, 6.07) is 1.65. The predicted molar refractivity (Wildman–Crippen MR) is 66.3 cm³/mol. The molecule has 0 saturated heterocycles. The van der Waals surface area contributed by atoms with Gasteiger partial charge in [0.15, 0.2) is 0 Å². The fraction of sp³-hybridized carbons (Fsp3) is 0.545. The molecule has 0 amide bonds. The number of aromatic nitrogens is 1. The number of anilines is 1. The van der Waals surface area contributed by atoms with Gasteiger partial charge in [0.05, 0.1) is 5.69 Å². The summed E-state index contributed by atoms with van der Waals surface area (Å²) in [6.45, 7) is 2.57. The molecule has 17 heavy (non-hydrogen) atoms. The van der Waals surface area contributed by atoms with Gasteiger partial charge in [-0.2, -0.15) is 0 Å². The van der Waals surface area contributed by atoms with Gasteiger partial charge >= 0.3 is 0 Å². The molecule has 1 aromatic rings. The third kappa shape index (κ3) is 2.76. The number of nitrogens with one attached hydrogen (secondary N) is 2. The van der Waals surface area contributed by atoms with E-state index in [2.05, 4.69) is 21.9 Å². The van der Waals surface area contributed by atoms with E-state index in [0.29, 0.717) is 12.2 Å². The van der Waals surface area contributed by atoms with E-state index in [1.807, 2.05) is 0 Å². The molecule has 0 spiro atoms. The molecular formula is C11H17N3O2S. The maximum Gasteiger partial charge on any atom is 0.244 e. The average molecular weight is 255 g/mol. The lowest BCUT2D eigenvalue weighted by Gasteiger charge is -2.13. The highest BCUT2D eigenvalue weighted by Gasteiger charge is 2.38. The summed E-state index contributed by atoms with van der Waals surface area (Å²) in [5.41, 5.74) is 0.711. The molecule has 1 aliphatic carbocycles. The first-order valence-electron chi connectivity index (χ1n) is 5.58. The highest BCUT2D eigenvalue weighted by Crippen LogP contribution is 2.44. The van der Waals surface area contributed by atoms with Crippen LogP contribution in [0.15, 0.2) is 23.4 Å². The molecule has 0 atom stereocenters. The molecule has 5 nitrogen and oxygen atoms in total. The first kappa shape index (κ1) is 12.3. The molecule has 0 radical (unpaired) electrons. The number of hydrogen-bond donors (Lipinski definition) is 2. The van der Waals surface area contributed by atoms with E-state index in [-0.39, 0.29) is 10.3 Å². The molecule has 1 aliphatic rings. The number of nitrogens with zero attached hydrogens (tertiary/aromatic N) is 1. The Morgan fingerprint density at radius 3 is 2.76 bits per heavy atom. The minimum Gasteiger partial charge on any atom is -0.387 e. The van der Waals surface area contributed by atoms with Gasteiger partial charge in [0.2, 0.25) is 10.0 Å². The van der Waals surface area contributed by atoms with E-state index in [9.17, 15) is 8.42 Å². The van der Waals surface area contributed by atoms with Crippen molar-refractivity contribution in [2.75, 3.05) is 18.9 Å². The summed E-state index contributed by atoms with van der Waals surface area (Å²) in [5, 5.41) is 2.86. The van der Waals surface area contributed by atoms with Gasteiger partial charge in [0.1, 0.15) is 4.90 Å². The summed E-state index contributed by atoms with van der Waals surface area (Å²) in [7, 11) is -1.78. The summed E-state index contributed by atoms with van der Waals surface area (Å²) in [6.07, 6.45) is 5.10. The number of sulfonamides is 1. The van der Waals surface area contributed by atoms with Crippen LogP contribution in [0.1, 0.15) is 19.8 Å². The third-order valence-electron chi connectivity index (χ3n) is 3.14. The molecule has 1 heterocycles. The first-order valence-corrected chi connectivity index (χ1v) is 7.07. The van der Waals surface area contributed by atoms with E-state index < -0.39 is 10.0 Å². The van der Waals surface area contributed by atoms with E-state index in [1.54, 1.807) is 19.3 Å². The summed E-state index contributed by atoms with van der Waals surface area (Å²) in [5.74, 6) is 0. The van der Waals surface area contributed by atoms with Gasteiger partial charge in [-0.15, -0.1) is 0 Å². The fourth-order valence-corrected chi connectivity index (χ4v) is 2.89. The van der Waals surface area contributed by atoms with Crippen molar-refractivity contribution in [2.45, 2.75) is 24.7 Å². The lowest BCUT2D eigenvalue weighted by Crippen LogP contribution is -2.29. The van der Waals surface area contributed by atoms with Crippen molar-refractivity contribution in [3.63, 3.8) is 0 Å². The Kier molecular flexibility index (Phi) is 3.09. The fourth-order valence-electron chi connectivity index (χ4n) is 1.54. The van der Waals surface area contributed by atoms with Gasteiger partial charge in [-0.3, -0.25) is 4.98 Å². The van der Waals surface area contributed by atoms with Gasteiger partial charge in [-0.25, -0.2) is 13.1 Å². The van der Waals surface area contributed by atoms with Crippen LogP contribution in [-0.2, 0) is 10.0 Å². The van der Waals surface area contributed by atoms with E-state index >= 15 is 0 Å². The van der Waals surface area contributed by atoms with Crippen molar-refractivity contribution < 1.29 is 8.42 Å². The lowest BCUT2D eigenvalue weighted by molar-refractivity contribution is 0.530. The van der Waals surface area contributed by atoms with Gasteiger partial charge in [-0.1, -0.05) is 6.92 Å². The minimum absolute atomic E-state index is 0.148. The highest BCUT2D eigenvalue weighted by atomic mass is 32.2. The molecule has 2 N–H and O–H groups in total. The molecule has 0 bridgehead atoms. The maximum absolute atomic E-state index is 12.1. The van der Waals surface area contributed by atoms with Crippen LogP contribution in [0.3, 0.4) is 0 Å². The van der Waals surface area contributed by atoms with Crippen LogP contribution in [-0.4, -0.2) is 27.0 Å². The van der Waals surface area contributed by atoms with Crippen molar-refractivity contribution >= 4 is 15.7 Å². The van der Waals surface area contributed by atoms with Gasteiger partial charge in [0, 0.05) is 26.0 Å². The molecule has 0 aliphatic heterocycles. The Morgan fingerprint density at radius 1 is 1.47 bits per heavy atom. The summed E-state index contributed by atoms with van der Waals surface area (Å²) in [4.78, 5) is 4.06. The van der Waals surface area contributed by atoms with Crippen LogP contribution in [0.5, 0.6) is 0 Å². The van der Waals surface area contributed by atoms with Crippen molar-refractivity contribution in [2.24, 2.45) is 5.41 Å². The van der Waals surface area contributed by atoms with E-state index in [1.165, 1.54) is 6.20 Å².